The maximum Gasteiger partial charge on any atom is 0.0842 e. The lowest BCUT2D eigenvalue weighted by Crippen LogP contribution is -2.32. The Labute approximate surface area is 90.4 Å². The predicted molar refractivity (Wildman–Crippen MR) is 57.3 cm³/mol. The summed E-state index contributed by atoms with van der Waals surface area (Å²) in [5.74, 6) is 0. The largest absolute Gasteiger partial charge is 0.290 e. The molecular formula is C11H18N2O2. The van der Waals surface area contributed by atoms with Gasteiger partial charge in [-0.15, -0.1) is 0 Å². The molecule has 15 heavy (non-hydrogen) atoms. The topological polar surface area (TPSA) is 45.6 Å². The van der Waals surface area contributed by atoms with Crippen LogP contribution in [0.1, 0.15) is 26.5 Å². The Balaban J connectivity index is 2.32. The van der Waals surface area contributed by atoms with Gasteiger partial charge in [0.25, 0.3) is 0 Å². The van der Waals surface area contributed by atoms with E-state index in [0.717, 1.165) is 10.9 Å². The molecule has 1 aromatic heterocycles. The number of pyridine rings is 1. The summed E-state index contributed by atoms with van der Waals surface area (Å²) in [5.41, 5.74) is 0.563. The molecule has 4 heteroatoms. The van der Waals surface area contributed by atoms with Crippen molar-refractivity contribution in [3.05, 3.63) is 30.1 Å². The molecule has 0 atom stereocenters. The van der Waals surface area contributed by atoms with Crippen molar-refractivity contribution in [3.8, 4) is 0 Å². The van der Waals surface area contributed by atoms with Crippen molar-refractivity contribution in [2.45, 2.75) is 32.8 Å². The molecule has 1 heterocycles. The molecule has 0 aliphatic carbocycles. The van der Waals surface area contributed by atoms with E-state index < -0.39 is 0 Å². The van der Waals surface area contributed by atoms with Crippen LogP contribution in [0.2, 0.25) is 0 Å². The number of hydrogen-bond acceptors (Lipinski definition) is 4. The van der Waals surface area contributed by atoms with E-state index in [2.05, 4.69) is 4.98 Å². The standard InChI is InChI=1S/C11H18N2O2/c1-11(2,3)15-13(14)9-7-10-6-4-5-8-12-10/h4-6,8,14H,7,9H2,1-3H3. The van der Waals surface area contributed by atoms with E-state index in [9.17, 15) is 5.21 Å². The first-order valence-electron chi connectivity index (χ1n) is 5.03. The van der Waals surface area contributed by atoms with E-state index in [1.54, 1.807) is 6.20 Å². The molecule has 0 fully saturated rings. The Hall–Kier alpha value is -0.970. The molecule has 1 rings (SSSR count). The van der Waals surface area contributed by atoms with Gasteiger partial charge >= 0.3 is 0 Å². The molecule has 0 aromatic carbocycles. The lowest BCUT2D eigenvalue weighted by Gasteiger charge is -2.24. The van der Waals surface area contributed by atoms with Crippen LogP contribution in [-0.2, 0) is 11.3 Å². The van der Waals surface area contributed by atoms with Crippen LogP contribution in [-0.4, -0.2) is 27.6 Å². The molecule has 0 spiro atoms. The molecule has 84 valence electrons. The SMILES string of the molecule is CC(C)(C)ON(O)CCc1ccccn1. The fourth-order valence-corrected chi connectivity index (χ4v) is 1.12. The Morgan fingerprint density at radius 2 is 2.13 bits per heavy atom. The van der Waals surface area contributed by atoms with Gasteiger partial charge in [-0.3, -0.25) is 15.0 Å². The van der Waals surface area contributed by atoms with Gasteiger partial charge in [-0.25, -0.2) is 0 Å². The zero-order chi connectivity index (χ0) is 11.3. The van der Waals surface area contributed by atoms with Gasteiger partial charge in [0.1, 0.15) is 0 Å². The molecule has 4 nitrogen and oxygen atoms in total. The van der Waals surface area contributed by atoms with Gasteiger partial charge in [-0.1, -0.05) is 11.3 Å². The third-order valence-corrected chi connectivity index (χ3v) is 1.66. The first-order valence-corrected chi connectivity index (χ1v) is 5.03. The summed E-state index contributed by atoms with van der Waals surface area (Å²) >= 11 is 0. The van der Waals surface area contributed by atoms with E-state index in [1.807, 2.05) is 39.0 Å². The molecule has 0 aliphatic heterocycles. The van der Waals surface area contributed by atoms with Gasteiger partial charge in [0.2, 0.25) is 0 Å². The Kier molecular flexibility index (Phi) is 4.20. The molecule has 0 aliphatic rings. The summed E-state index contributed by atoms with van der Waals surface area (Å²) in [7, 11) is 0. The van der Waals surface area contributed by atoms with Gasteiger partial charge < -0.3 is 0 Å². The van der Waals surface area contributed by atoms with Crippen molar-refractivity contribution in [2.75, 3.05) is 6.54 Å². The minimum absolute atomic E-state index is 0.376. The van der Waals surface area contributed by atoms with Gasteiger partial charge in [0, 0.05) is 18.3 Å². The highest BCUT2D eigenvalue weighted by Crippen LogP contribution is 2.08. The quantitative estimate of drug-likeness (QED) is 0.772. The van der Waals surface area contributed by atoms with Gasteiger partial charge in [-0.2, -0.15) is 0 Å². The van der Waals surface area contributed by atoms with Crippen molar-refractivity contribution in [2.24, 2.45) is 0 Å². The van der Waals surface area contributed by atoms with Crippen LogP contribution in [0.25, 0.3) is 0 Å². The van der Waals surface area contributed by atoms with Crippen LogP contribution in [0.3, 0.4) is 0 Å². The summed E-state index contributed by atoms with van der Waals surface area (Å²) in [4.78, 5) is 9.37. The molecule has 0 saturated heterocycles. The summed E-state index contributed by atoms with van der Waals surface area (Å²) in [6.07, 6.45) is 2.40. The normalized spacial score (nSPS) is 12.1. The van der Waals surface area contributed by atoms with Crippen LogP contribution in [0.4, 0.5) is 0 Å². The summed E-state index contributed by atoms with van der Waals surface area (Å²) in [6, 6.07) is 5.71. The van der Waals surface area contributed by atoms with Crippen LogP contribution >= 0.6 is 0 Å². The van der Waals surface area contributed by atoms with Gasteiger partial charge in [0.05, 0.1) is 12.1 Å². The summed E-state index contributed by atoms with van der Waals surface area (Å²) in [6.45, 7) is 6.07. The molecule has 0 saturated carbocycles. The van der Waals surface area contributed by atoms with Crippen LogP contribution < -0.4 is 0 Å². The van der Waals surface area contributed by atoms with Crippen LogP contribution in [0.15, 0.2) is 24.4 Å². The molecule has 0 unspecified atom stereocenters. The average Bonchev–Trinajstić information content (AvgIpc) is 2.14. The predicted octanol–water partition coefficient (Wildman–Crippen LogP) is 2.05. The van der Waals surface area contributed by atoms with Crippen LogP contribution in [0, 0.1) is 0 Å². The lowest BCUT2D eigenvalue weighted by molar-refractivity contribution is -0.377. The van der Waals surface area contributed by atoms with Crippen molar-refractivity contribution >= 4 is 0 Å². The number of aromatic nitrogens is 1. The molecule has 0 bridgehead atoms. The number of hydroxylamine groups is 2. The van der Waals surface area contributed by atoms with E-state index in [1.165, 1.54) is 0 Å². The third kappa shape index (κ3) is 5.47. The average molecular weight is 210 g/mol. The zero-order valence-electron chi connectivity index (χ0n) is 9.47. The Morgan fingerprint density at radius 3 is 2.67 bits per heavy atom. The number of hydrogen-bond donors (Lipinski definition) is 1. The van der Waals surface area contributed by atoms with Crippen molar-refractivity contribution < 1.29 is 10.0 Å². The fourth-order valence-electron chi connectivity index (χ4n) is 1.12. The molecular weight excluding hydrogens is 192 g/mol. The van der Waals surface area contributed by atoms with Gasteiger partial charge in [-0.05, 0) is 32.9 Å². The first kappa shape index (κ1) is 12.1. The highest BCUT2D eigenvalue weighted by molar-refractivity contribution is 5.03. The fraction of sp³-hybridized carbons (Fsp3) is 0.545. The number of nitrogens with zero attached hydrogens (tertiary/aromatic N) is 2. The minimum Gasteiger partial charge on any atom is -0.290 e. The Bertz CT molecular complexity index is 282. The first-order chi connectivity index (χ1) is 6.97. The Morgan fingerprint density at radius 1 is 1.40 bits per heavy atom. The second-order valence-corrected chi connectivity index (χ2v) is 4.35. The maximum absolute atomic E-state index is 9.43. The second-order valence-electron chi connectivity index (χ2n) is 4.35. The van der Waals surface area contributed by atoms with Crippen molar-refractivity contribution in [3.63, 3.8) is 0 Å². The van der Waals surface area contributed by atoms with Gasteiger partial charge in [0.15, 0.2) is 0 Å². The van der Waals surface area contributed by atoms with Crippen molar-refractivity contribution in [1.82, 2.24) is 10.2 Å². The summed E-state index contributed by atoms with van der Waals surface area (Å²) < 4.78 is 0. The zero-order valence-corrected chi connectivity index (χ0v) is 9.47. The molecule has 1 aromatic rings. The van der Waals surface area contributed by atoms with E-state index >= 15 is 0 Å². The molecule has 0 radical (unpaired) electrons. The highest BCUT2D eigenvalue weighted by Gasteiger charge is 2.15. The van der Waals surface area contributed by atoms with Crippen LogP contribution in [0.5, 0.6) is 0 Å². The van der Waals surface area contributed by atoms with E-state index in [4.69, 9.17) is 4.84 Å². The third-order valence-electron chi connectivity index (χ3n) is 1.66. The van der Waals surface area contributed by atoms with E-state index in [0.29, 0.717) is 13.0 Å². The van der Waals surface area contributed by atoms with Crippen molar-refractivity contribution in [1.29, 1.82) is 0 Å². The molecule has 1 N–H and O–H groups in total. The van der Waals surface area contributed by atoms with E-state index in [-0.39, 0.29) is 5.60 Å². The second kappa shape index (κ2) is 5.21. The highest BCUT2D eigenvalue weighted by atomic mass is 16.9. The maximum atomic E-state index is 9.43. The lowest BCUT2D eigenvalue weighted by atomic mass is 10.2. The smallest absolute Gasteiger partial charge is 0.0842 e. The molecule has 0 amide bonds. The minimum atomic E-state index is -0.376. The monoisotopic (exact) mass is 210 g/mol. The number of rotatable bonds is 4. The summed E-state index contributed by atoms with van der Waals surface area (Å²) in [5, 5.41) is 10.3.